The first-order valence-electron chi connectivity index (χ1n) is 8.27. The van der Waals surface area contributed by atoms with Crippen LogP contribution in [0.3, 0.4) is 0 Å². The number of hydrogen-bond acceptors (Lipinski definition) is 5. The third-order valence-corrected chi connectivity index (χ3v) is 5.29. The van der Waals surface area contributed by atoms with Crippen LogP contribution in [0.2, 0.25) is 5.02 Å². The summed E-state index contributed by atoms with van der Waals surface area (Å²) in [4.78, 5) is 36.6. The molecule has 6 nitrogen and oxygen atoms in total. The summed E-state index contributed by atoms with van der Waals surface area (Å²) in [5.41, 5.74) is 1.63. The topological polar surface area (TPSA) is 84.5 Å². The molecular weight excluding hydrogens is 388 g/mol. The molecular formula is C19H17ClN2O4S. The van der Waals surface area contributed by atoms with Crippen molar-refractivity contribution in [2.45, 2.75) is 17.9 Å². The molecule has 0 saturated carbocycles. The van der Waals surface area contributed by atoms with Crippen molar-refractivity contribution in [3.8, 4) is 0 Å². The Labute approximate surface area is 165 Å². The third-order valence-electron chi connectivity index (χ3n) is 3.84. The minimum atomic E-state index is -0.630. The molecule has 8 heteroatoms. The number of nitrogens with one attached hydrogen (secondary N) is 2. The number of esters is 1. The molecule has 0 unspecified atom stereocenters. The Balaban J connectivity index is 1.54. The van der Waals surface area contributed by atoms with E-state index in [1.165, 1.54) is 0 Å². The van der Waals surface area contributed by atoms with Crippen molar-refractivity contribution in [1.29, 1.82) is 0 Å². The van der Waals surface area contributed by atoms with E-state index in [4.69, 9.17) is 16.3 Å². The van der Waals surface area contributed by atoms with Crippen LogP contribution in [0.25, 0.3) is 0 Å². The number of carbonyl (C=O) groups is 3. The molecule has 0 saturated heterocycles. The molecule has 0 atom stereocenters. The predicted octanol–water partition coefficient (Wildman–Crippen LogP) is 3.25. The van der Waals surface area contributed by atoms with Crippen LogP contribution in [-0.4, -0.2) is 30.1 Å². The van der Waals surface area contributed by atoms with Gasteiger partial charge in [-0.15, -0.1) is 11.8 Å². The molecule has 2 amide bonds. The minimum Gasteiger partial charge on any atom is -0.452 e. The second-order valence-corrected chi connectivity index (χ2v) is 7.35. The fourth-order valence-corrected chi connectivity index (χ4v) is 3.59. The molecule has 27 heavy (non-hydrogen) atoms. The van der Waals surface area contributed by atoms with E-state index in [0.717, 1.165) is 10.5 Å². The van der Waals surface area contributed by atoms with Gasteiger partial charge in [-0.25, -0.2) is 4.79 Å². The molecule has 140 valence electrons. The molecule has 0 bridgehead atoms. The lowest BCUT2D eigenvalue weighted by atomic mass is 10.2. The molecule has 0 aliphatic carbocycles. The quantitative estimate of drug-likeness (QED) is 0.747. The normalized spacial score (nSPS) is 13.1. The third kappa shape index (κ3) is 5.24. The fourth-order valence-electron chi connectivity index (χ4n) is 2.45. The summed E-state index contributed by atoms with van der Waals surface area (Å²) >= 11 is 7.57. The van der Waals surface area contributed by atoms with Crippen molar-refractivity contribution < 1.29 is 19.1 Å². The first-order valence-corrected chi connectivity index (χ1v) is 9.63. The number of benzene rings is 2. The molecule has 1 aliphatic heterocycles. The molecule has 0 radical (unpaired) electrons. The van der Waals surface area contributed by atoms with Crippen LogP contribution < -0.4 is 10.6 Å². The highest BCUT2D eigenvalue weighted by atomic mass is 35.5. The van der Waals surface area contributed by atoms with E-state index >= 15 is 0 Å². The highest BCUT2D eigenvalue weighted by Gasteiger charge is 2.17. The number of hydrogen-bond donors (Lipinski definition) is 2. The fraction of sp³-hybridized carbons (Fsp3) is 0.211. The Hall–Kier alpha value is -2.51. The number of anilines is 1. The highest BCUT2D eigenvalue weighted by Crippen LogP contribution is 2.31. The average molecular weight is 405 g/mol. The number of rotatable bonds is 5. The van der Waals surface area contributed by atoms with Crippen molar-refractivity contribution in [1.82, 2.24) is 5.32 Å². The predicted molar refractivity (Wildman–Crippen MR) is 104 cm³/mol. The largest absolute Gasteiger partial charge is 0.452 e. The zero-order chi connectivity index (χ0) is 19.2. The van der Waals surface area contributed by atoms with Gasteiger partial charge in [0.05, 0.1) is 11.3 Å². The number of carbonyl (C=O) groups excluding carboxylic acids is 3. The lowest BCUT2D eigenvalue weighted by Crippen LogP contribution is -2.28. The Bertz CT molecular complexity index is 888. The lowest BCUT2D eigenvalue weighted by Gasteiger charge is -2.10. The monoisotopic (exact) mass is 404 g/mol. The lowest BCUT2D eigenvalue weighted by molar-refractivity contribution is -0.124. The summed E-state index contributed by atoms with van der Waals surface area (Å²) in [5, 5.41) is 5.97. The second-order valence-electron chi connectivity index (χ2n) is 5.80. The van der Waals surface area contributed by atoms with Gasteiger partial charge in [-0.3, -0.25) is 9.59 Å². The molecule has 0 fully saturated rings. The maximum atomic E-state index is 12.2. The maximum absolute atomic E-state index is 12.2. The smallest absolute Gasteiger partial charge is 0.338 e. The summed E-state index contributed by atoms with van der Waals surface area (Å²) in [6.45, 7) is -0.153. The Morgan fingerprint density at radius 3 is 2.85 bits per heavy atom. The van der Waals surface area contributed by atoms with E-state index in [9.17, 15) is 14.4 Å². The Kier molecular flexibility index (Phi) is 6.36. The van der Waals surface area contributed by atoms with Crippen LogP contribution in [0.5, 0.6) is 0 Å². The van der Waals surface area contributed by atoms with Crippen molar-refractivity contribution in [2.75, 3.05) is 17.7 Å². The van der Waals surface area contributed by atoms with E-state index in [2.05, 4.69) is 10.6 Å². The van der Waals surface area contributed by atoms with Gasteiger partial charge in [-0.2, -0.15) is 0 Å². The molecule has 2 aromatic rings. The molecule has 0 spiro atoms. The van der Waals surface area contributed by atoms with Gasteiger partial charge in [0.2, 0.25) is 5.91 Å². The van der Waals surface area contributed by atoms with Crippen LogP contribution in [0.15, 0.2) is 47.4 Å². The average Bonchev–Trinajstić information content (AvgIpc) is 2.85. The van der Waals surface area contributed by atoms with E-state index < -0.39 is 18.5 Å². The van der Waals surface area contributed by atoms with Gasteiger partial charge in [0, 0.05) is 28.6 Å². The second kappa shape index (κ2) is 8.92. The van der Waals surface area contributed by atoms with Gasteiger partial charge in [-0.05, 0) is 29.8 Å². The molecule has 1 heterocycles. The van der Waals surface area contributed by atoms with E-state index in [1.54, 1.807) is 48.2 Å². The summed E-state index contributed by atoms with van der Waals surface area (Å²) in [5.74, 6) is -0.462. The standard InChI is InChI=1S/C19H17ClN2O4S/c20-14-4-2-1-3-13(14)10-21-18(24)11-26-19(25)12-5-6-16-15(9-12)22-17(23)7-8-27-16/h1-6,9H,7-8,10-11H2,(H,21,24)(H,22,23). The van der Waals surface area contributed by atoms with Crippen molar-refractivity contribution in [3.05, 3.63) is 58.6 Å². The maximum Gasteiger partial charge on any atom is 0.338 e. The number of thioether (sulfide) groups is 1. The SMILES string of the molecule is O=C(COC(=O)c1ccc2c(c1)NC(=O)CCS2)NCc1ccccc1Cl. The molecule has 0 aromatic heterocycles. The minimum absolute atomic E-state index is 0.0919. The van der Waals surface area contributed by atoms with E-state index in [-0.39, 0.29) is 18.0 Å². The number of ether oxygens (including phenoxy) is 1. The zero-order valence-electron chi connectivity index (χ0n) is 14.3. The van der Waals surface area contributed by atoms with E-state index in [1.807, 2.05) is 6.07 Å². The highest BCUT2D eigenvalue weighted by molar-refractivity contribution is 7.99. The zero-order valence-corrected chi connectivity index (χ0v) is 15.9. The summed E-state index contributed by atoms with van der Waals surface area (Å²) < 4.78 is 5.05. The first kappa shape index (κ1) is 19.3. The van der Waals surface area contributed by atoms with Crippen LogP contribution in [-0.2, 0) is 20.9 Å². The number of halogens is 1. The Morgan fingerprint density at radius 2 is 2.04 bits per heavy atom. The van der Waals surface area contributed by atoms with Gasteiger partial charge in [0.25, 0.3) is 5.91 Å². The van der Waals surface area contributed by atoms with Crippen LogP contribution in [0.4, 0.5) is 5.69 Å². The van der Waals surface area contributed by atoms with Crippen LogP contribution in [0, 0.1) is 0 Å². The Morgan fingerprint density at radius 1 is 1.22 bits per heavy atom. The number of amides is 2. The summed E-state index contributed by atoms with van der Waals surface area (Å²) in [6.07, 6.45) is 0.421. The van der Waals surface area contributed by atoms with E-state index in [0.29, 0.717) is 22.9 Å². The first-order chi connectivity index (χ1) is 13.0. The van der Waals surface area contributed by atoms with Crippen molar-refractivity contribution >= 4 is 46.8 Å². The van der Waals surface area contributed by atoms with Crippen LogP contribution in [0.1, 0.15) is 22.3 Å². The van der Waals surface area contributed by atoms with Gasteiger partial charge in [0.1, 0.15) is 0 Å². The van der Waals surface area contributed by atoms with Gasteiger partial charge in [-0.1, -0.05) is 29.8 Å². The van der Waals surface area contributed by atoms with Gasteiger partial charge in [0.15, 0.2) is 6.61 Å². The molecule has 3 rings (SSSR count). The summed E-state index contributed by atoms with van der Waals surface area (Å²) in [7, 11) is 0. The molecule has 2 N–H and O–H groups in total. The number of fused-ring (bicyclic) bond motifs is 1. The van der Waals surface area contributed by atoms with Crippen molar-refractivity contribution in [2.24, 2.45) is 0 Å². The molecule has 2 aromatic carbocycles. The summed E-state index contributed by atoms with van der Waals surface area (Å²) in [6, 6.07) is 12.1. The van der Waals surface area contributed by atoms with Gasteiger partial charge >= 0.3 is 5.97 Å². The molecule has 1 aliphatic rings. The van der Waals surface area contributed by atoms with Gasteiger partial charge < -0.3 is 15.4 Å². The van der Waals surface area contributed by atoms with Crippen molar-refractivity contribution in [3.63, 3.8) is 0 Å². The van der Waals surface area contributed by atoms with Crippen LogP contribution >= 0.6 is 23.4 Å².